The molecule has 1 saturated carbocycles. The van der Waals surface area contributed by atoms with Gasteiger partial charge < -0.3 is 19.7 Å². The molecule has 2 amide bonds. The topological polar surface area (TPSA) is 67.9 Å². The van der Waals surface area contributed by atoms with E-state index in [-0.39, 0.29) is 24.5 Å². The minimum Gasteiger partial charge on any atom is -0.493 e. The summed E-state index contributed by atoms with van der Waals surface area (Å²) in [5.74, 6) is 4.28. The van der Waals surface area contributed by atoms with E-state index in [4.69, 9.17) is 15.9 Å². The van der Waals surface area contributed by atoms with E-state index < -0.39 is 0 Å². The Bertz CT molecular complexity index is 740. The van der Waals surface area contributed by atoms with Crippen LogP contribution in [0.3, 0.4) is 0 Å². The first kappa shape index (κ1) is 18.1. The molecule has 0 spiro atoms. The zero-order chi connectivity index (χ0) is 18.7. The van der Waals surface area contributed by atoms with Gasteiger partial charge >= 0.3 is 0 Å². The normalized spacial score (nSPS) is 24.2. The quantitative estimate of drug-likeness (QED) is 0.816. The first-order valence-electron chi connectivity index (χ1n) is 8.81. The molecule has 1 aliphatic heterocycles. The van der Waals surface area contributed by atoms with E-state index in [9.17, 15) is 9.59 Å². The fourth-order valence-corrected chi connectivity index (χ4v) is 3.96. The van der Waals surface area contributed by atoms with Crippen LogP contribution in [0.15, 0.2) is 18.2 Å². The van der Waals surface area contributed by atoms with Crippen molar-refractivity contribution in [1.29, 1.82) is 0 Å². The molecule has 1 heterocycles. The molecule has 6 heteroatoms. The average molecular weight is 356 g/mol. The van der Waals surface area contributed by atoms with E-state index >= 15 is 0 Å². The molecule has 2 aliphatic rings. The number of fused-ring (bicyclic) bond motifs is 1. The number of rotatable bonds is 5. The first-order chi connectivity index (χ1) is 12.5. The highest BCUT2D eigenvalue weighted by Gasteiger charge is 2.40. The van der Waals surface area contributed by atoms with Gasteiger partial charge in [-0.3, -0.25) is 9.59 Å². The van der Waals surface area contributed by atoms with Gasteiger partial charge in [-0.2, -0.15) is 0 Å². The van der Waals surface area contributed by atoms with Crippen molar-refractivity contribution in [3.63, 3.8) is 0 Å². The van der Waals surface area contributed by atoms with Crippen molar-refractivity contribution in [3.05, 3.63) is 23.8 Å². The third-order valence-corrected chi connectivity index (χ3v) is 5.41. The summed E-state index contributed by atoms with van der Waals surface area (Å²) in [7, 11) is 3.37. The van der Waals surface area contributed by atoms with Crippen molar-refractivity contribution in [3.8, 4) is 23.8 Å². The SMILES string of the molecule is C#CCOc1cc(C(=O)N(C)[C@H]2C[C@H]3CNC(=O)C[C@H]3C2)ccc1OC. The van der Waals surface area contributed by atoms with E-state index in [0.717, 1.165) is 12.8 Å². The number of carbonyl (C=O) groups is 2. The maximum atomic E-state index is 12.9. The Hall–Kier alpha value is -2.68. The lowest BCUT2D eigenvalue weighted by molar-refractivity contribution is -0.124. The van der Waals surface area contributed by atoms with Gasteiger partial charge in [-0.25, -0.2) is 0 Å². The van der Waals surface area contributed by atoms with Crippen LogP contribution in [0.5, 0.6) is 11.5 Å². The van der Waals surface area contributed by atoms with Gasteiger partial charge in [-0.1, -0.05) is 5.92 Å². The third kappa shape index (κ3) is 3.62. The number of benzene rings is 1. The average Bonchev–Trinajstić information content (AvgIpc) is 3.07. The van der Waals surface area contributed by atoms with Crippen molar-refractivity contribution in [2.75, 3.05) is 27.3 Å². The number of nitrogens with one attached hydrogen (secondary N) is 1. The van der Waals surface area contributed by atoms with Gasteiger partial charge in [-0.05, 0) is 42.9 Å². The van der Waals surface area contributed by atoms with Crippen LogP contribution in [-0.2, 0) is 4.79 Å². The Morgan fingerprint density at radius 1 is 1.35 bits per heavy atom. The summed E-state index contributed by atoms with van der Waals surface area (Å²) in [5.41, 5.74) is 0.532. The summed E-state index contributed by atoms with van der Waals surface area (Å²) >= 11 is 0. The third-order valence-electron chi connectivity index (χ3n) is 5.41. The Balaban J connectivity index is 1.72. The van der Waals surface area contributed by atoms with Crippen molar-refractivity contribution in [2.24, 2.45) is 11.8 Å². The Kier molecular flexibility index (Phi) is 5.36. The Morgan fingerprint density at radius 3 is 2.85 bits per heavy atom. The molecule has 1 N–H and O–H groups in total. The molecule has 6 nitrogen and oxygen atoms in total. The number of hydrogen-bond donors (Lipinski definition) is 1. The lowest BCUT2D eigenvalue weighted by atomic mass is 9.89. The molecule has 1 aromatic rings. The molecule has 3 rings (SSSR count). The fraction of sp³-hybridized carbons (Fsp3) is 0.500. The molecule has 3 atom stereocenters. The number of piperidine rings is 1. The predicted molar refractivity (Wildman–Crippen MR) is 97.0 cm³/mol. The van der Waals surface area contributed by atoms with Gasteiger partial charge in [0.2, 0.25) is 5.91 Å². The van der Waals surface area contributed by atoms with Crippen molar-refractivity contribution in [1.82, 2.24) is 10.2 Å². The van der Waals surface area contributed by atoms with Gasteiger partial charge in [-0.15, -0.1) is 6.42 Å². The second kappa shape index (κ2) is 7.69. The summed E-state index contributed by atoms with van der Waals surface area (Å²) in [5, 5.41) is 2.92. The second-order valence-corrected chi connectivity index (χ2v) is 6.93. The highest BCUT2D eigenvalue weighted by Crippen LogP contribution is 2.38. The van der Waals surface area contributed by atoms with E-state index in [1.807, 2.05) is 7.05 Å². The summed E-state index contributed by atoms with van der Waals surface area (Å²) in [4.78, 5) is 26.3. The van der Waals surface area contributed by atoms with E-state index in [1.54, 1.807) is 30.2 Å². The lowest BCUT2D eigenvalue weighted by Crippen LogP contribution is -2.38. The molecule has 1 aliphatic carbocycles. The number of ether oxygens (including phenoxy) is 2. The lowest BCUT2D eigenvalue weighted by Gasteiger charge is -2.25. The molecule has 0 unspecified atom stereocenters. The molecule has 138 valence electrons. The summed E-state index contributed by atoms with van der Waals surface area (Å²) in [6, 6.07) is 5.25. The zero-order valence-corrected chi connectivity index (χ0v) is 15.2. The van der Waals surface area contributed by atoms with Crippen LogP contribution >= 0.6 is 0 Å². The van der Waals surface area contributed by atoms with Crippen LogP contribution in [0.2, 0.25) is 0 Å². The maximum absolute atomic E-state index is 12.9. The first-order valence-corrected chi connectivity index (χ1v) is 8.81. The number of carbonyl (C=O) groups excluding carboxylic acids is 2. The van der Waals surface area contributed by atoms with Gasteiger partial charge in [0.15, 0.2) is 11.5 Å². The summed E-state index contributed by atoms with van der Waals surface area (Å²) < 4.78 is 10.7. The van der Waals surface area contributed by atoms with Gasteiger partial charge in [0, 0.05) is 31.6 Å². The maximum Gasteiger partial charge on any atom is 0.253 e. The van der Waals surface area contributed by atoms with Crippen LogP contribution in [0.1, 0.15) is 29.6 Å². The van der Waals surface area contributed by atoms with Crippen LogP contribution in [0.25, 0.3) is 0 Å². The summed E-state index contributed by atoms with van der Waals surface area (Å²) in [6.07, 6.45) is 7.60. The number of amides is 2. The number of methoxy groups -OCH3 is 1. The van der Waals surface area contributed by atoms with E-state index in [2.05, 4.69) is 11.2 Å². The highest BCUT2D eigenvalue weighted by molar-refractivity contribution is 5.95. The molecule has 0 bridgehead atoms. The smallest absolute Gasteiger partial charge is 0.253 e. The van der Waals surface area contributed by atoms with E-state index in [0.29, 0.717) is 41.9 Å². The second-order valence-electron chi connectivity index (χ2n) is 6.93. The number of nitrogens with zero attached hydrogens (tertiary/aromatic N) is 1. The minimum atomic E-state index is -0.0684. The van der Waals surface area contributed by atoms with E-state index in [1.165, 1.54) is 0 Å². The molecule has 1 aromatic carbocycles. The van der Waals surface area contributed by atoms with Gasteiger partial charge in [0.25, 0.3) is 5.91 Å². The minimum absolute atomic E-state index is 0.0684. The standard InChI is InChI=1S/C20H24N2O4/c1-4-7-26-18-10-13(5-6-17(18)25-3)20(24)22(2)16-8-14-11-19(23)21-12-15(14)9-16/h1,5-6,10,14-16H,7-9,11-12H2,2-3H3,(H,21,23)/t14-,15+,16-/m1/s1. The Morgan fingerprint density at radius 2 is 2.12 bits per heavy atom. The van der Waals surface area contributed by atoms with Crippen LogP contribution in [0.4, 0.5) is 0 Å². The molecule has 0 radical (unpaired) electrons. The molecule has 26 heavy (non-hydrogen) atoms. The monoisotopic (exact) mass is 356 g/mol. The molecule has 1 saturated heterocycles. The van der Waals surface area contributed by atoms with Crippen LogP contribution in [0, 0.1) is 24.2 Å². The largest absolute Gasteiger partial charge is 0.493 e. The van der Waals surface area contributed by atoms with Crippen molar-refractivity contribution in [2.45, 2.75) is 25.3 Å². The van der Waals surface area contributed by atoms with Crippen LogP contribution in [-0.4, -0.2) is 50.1 Å². The summed E-state index contributed by atoms with van der Waals surface area (Å²) in [6.45, 7) is 0.825. The Labute approximate surface area is 153 Å². The predicted octanol–water partition coefficient (Wildman–Crippen LogP) is 1.69. The number of hydrogen-bond acceptors (Lipinski definition) is 4. The molecular formula is C20H24N2O4. The zero-order valence-electron chi connectivity index (χ0n) is 15.2. The fourth-order valence-electron chi connectivity index (χ4n) is 3.96. The molecule has 0 aromatic heterocycles. The number of terminal acetylenes is 1. The molecule has 2 fully saturated rings. The van der Waals surface area contributed by atoms with Gasteiger partial charge in [0.05, 0.1) is 7.11 Å². The highest BCUT2D eigenvalue weighted by atomic mass is 16.5. The van der Waals surface area contributed by atoms with Crippen LogP contribution < -0.4 is 14.8 Å². The molecular weight excluding hydrogens is 332 g/mol. The van der Waals surface area contributed by atoms with Crippen molar-refractivity contribution >= 4 is 11.8 Å². The van der Waals surface area contributed by atoms with Crippen molar-refractivity contribution < 1.29 is 19.1 Å². The van der Waals surface area contributed by atoms with Gasteiger partial charge in [0.1, 0.15) is 6.61 Å².